The molecule has 0 unspecified atom stereocenters. The molecule has 2 saturated heterocycles. The largest absolute Gasteiger partial charge is 0.447 e. The molecule has 2 aromatic heterocycles. The smallest absolute Gasteiger partial charge is 0.407 e. The average molecular weight is 521 g/mol. The van der Waals surface area contributed by atoms with Crippen LogP contribution in [0.3, 0.4) is 0 Å². The topological polar surface area (TPSA) is 84.6 Å². The predicted molar refractivity (Wildman–Crippen MR) is 122 cm³/mol. The number of hydrogen-bond acceptors (Lipinski definition) is 7. The third-order valence-electron chi connectivity index (χ3n) is 6.20. The lowest BCUT2D eigenvalue weighted by atomic mass is 9.90. The van der Waals surface area contributed by atoms with E-state index in [0.29, 0.717) is 39.6 Å². The first kappa shape index (κ1) is 22.1. The normalized spacial score (nSPS) is 23.7. The van der Waals surface area contributed by atoms with E-state index in [2.05, 4.69) is 15.4 Å². The van der Waals surface area contributed by atoms with Crippen LogP contribution in [0.2, 0.25) is 5.02 Å². The Morgan fingerprint density at radius 2 is 2.17 bits per heavy atom. The van der Waals surface area contributed by atoms with Crippen molar-refractivity contribution >= 4 is 40.4 Å². The number of benzene rings is 1. The number of alkyl carbamates (subject to hydrolysis) is 1. The van der Waals surface area contributed by atoms with Crippen LogP contribution in [-0.2, 0) is 4.74 Å². The number of hydrogen-bond donors (Lipinski definition) is 1. The number of amidine groups is 1. The van der Waals surface area contributed by atoms with Crippen molar-refractivity contribution in [2.75, 3.05) is 13.2 Å². The van der Waals surface area contributed by atoms with Crippen molar-refractivity contribution in [1.82, 2.24) is 25.0 Å². The highest BCUT2D eigenvalue weighted by Crippen LogP contribution is 2.47. The van der Waals surface area contributed by atoms with Gasteiger partial charge in [-0.3, -0.25) is 4.99 Å². The van der Waals surface area contributed by atoms with Gasteiger partial charge < -0.3 is 15.0 Å². The van der Waals surface area contributed by atoms with Gasteiger partial charge in [0.1, 0.15) is 24.0 Å². The number of nitrogens with zero attached hydrogens (tertiary/aromatic N) is 5. The van der Waals surface area contributed by atoms with Crippen LogP contribution in [0.1, 0.15) is 35.3 Å². The first-order chi connectivity index (χ1) is 16.8. The van der Waals surface area contributed by atoms with Crippen LogP contribution in [-0.4, -0.2) is 50.3 Å². The van der Waals surface area contributed by atoms with E-state index in [4.69, 9.17) is 21.3 Å². The zero-order valence-corrected chi connectivity index (χ0v) is 19.4. The summed E-state index contributed by atoms with van der Waals surface area (Å²) >= 11 is 7.29. The summed E-state index contributed by atoms with van der Waals surface area (Å²) in [5.41, 5.74) is 1.26. The van der Waals surface area contributed by atoms with Crippen molar-refractivity contribution in [3.8, 4) is 0 Å². The van der Waals surface area contributed by atoms with Gasteiger partial charge in [-0.15, -0.1) is 11.3 Å². The fourth-order valence-corrected chi connectivity index (χ4v) is 5.47. The predicted octanol–water partition coefficient (Wildman–Crippen LogP) is 4.62. The number of aliphatic imine (C=N–C) groups is 1. The molecular weight excluding hydrogens is 505 g/mol. The Morgan fingerprint density at radius 1 is 1.31 bits per heavy atom. The molecule has 2 atom stereocenters. The second kappa shape index (κ2) is 8.09. The minimum atomic E-state index is -2.83. The van der Waals surface area contributed by atoms with Crippen molar-refractivity contribution in [3.05, 3.63) is 74.8 Å². The van der Waals surface area contributed by atoms with Crippen LogP contribution in [0.5, 0.6) is 0 Å². The number of carbonyl (C=O) groups excluding carboxylic acids is 1. The van der Waals surface area contributed by atoms with Crippen LogP contribution in [0, 0.1) is 5.82 Å². The molecule has 1 aromatic carbocycles. The zero-order valence-electron chi connectivity index (χ0n) is 17.8. The minimum Gasteiger partial charge on any atom is -0.447 e. The maximum atomic E-state index is 14.5. The number of halogens is 4. The van der Waals surface area contributed by atoms with Gasteiger partial charge in [0.2, 0.25) is 0 Å². The fraction of sp³-hybridized carbons (Fsp3) is 0.273. The quantitative estimate of drug-likeness (QED) is 0.542. The number of amides is 1. The number of rotatable bonds is 4. The molecule has 1 N–H and O–H groups in total. The molecule has 6 rings (SSSR count). The molecule has 1 spiro atoms. The highest BCUT2D eigenvalue weighted by Gasteiger charge is 2.52. The molecule has 5 heterocycles. The highest BCUT2D eigenvalue weighted by atomic mass is 35.5. The van der Waals surface area contributed by atoms with Crippen molar-refractivity contribution < 1.29 is 22.7 Å². The van der Waals surface area contributed by atoms with Gasteiger partial charge in [0, 0.05) is 35.5 Å². The molecule has 1 amide bonds. The minimum absolute atomic E-state index is 0.0443. The summed E-state index contributed by atoms with van der Waals surface area (Å²) in [6, 6.07) is 5.05. The summed E-state index contributed by atoms with van der Waals surface area (Å²) in [6.45, 7) is -2.35. The summed E-state index contributed by atoms with van der Waals surface area (Å²) in [7, 11) is 0. The summed E-state index contributed by atoms with van der Waals surface area (Å²) in [4.78, 5) is 23.2. The van der Waals surface area contributed by atoms with E-state index in [0.717, 1.165) is 5.70 Å². The van der Waals surface area contributed by atoms with Crippen LogP contribution in [0.15, 0.2) is 52.7 Å². The monoisotopic (exact) mass is 520 g/mol. The SMILES string of the molecule is O=C1N[C@@]2(CO1)CC1=C(c3ccn(C(F)F)n3)[C@H](c3ccc(Cl)c(F)c3)N=C(c3nccs3)N1C2. The molecule has 3 aliphatic rings. The lowest BCUT2D eigenvalue weighted by molar-refractivity contribution is 0.0564. The van der Waals surface area contributed by atoms with Gasteiger partial charge in [0.15, 0.2) is 10.8 Å². The van der Waals surface area contributed by atoms with Crippen molar-refractivity contribution in [3.63, 3.8) is 0 Å². The Hall–Kier alpha value is -3.38. The van der Waals surface area contributed by atoms with Crippen molar-refractivity contribution in [2.45, 2.75) is 24.6 Å². The highest BCUT2D eigenvalue weighted by molar-refractivity contribution is 7.11. The molecule has 2 fully saturated rings. The molecule has 0 saturated carbocycles. The Bertz CT molecular complexity index is 1390. The molecule has 3 aliphatic heterocycles. The first-order valence-electron chi connectivity index (χ1n) is 10.6. The Labute approximate surface area is 205 Å². The van der Waals surface area contributed by atoms with Crippen molar-refractivity contribution in [2.24, 2.45) is 4.99 Å². The van der Waals surface area contributed by atoms with Gasteiger partial charge in [0.25, 0.3) is 0 Å². The van der Waals surface area contributed by atoms with Gasteiger partial charge in [0.05, 0.1) is 17.3 Å². The third kappa shape index (κ3) is 3.67. The number of aromatic nitrogens is 3. The Balaban J connectivity index is 1.57. The summed E-state index contributed by atoms with van der Waals surface area (Å²) < 4.78 is 47.0. The molecule has 0 bridgehead atoms. The molecule has 8 nitrogen and oxygen atoms in total. The van der Waals surface area contributed by atoms with Gasteiger partial charge in [-0.05, 0) is 23.8 Å². The Kier molecular flexibility index (Phi) is 5.11. The molecule has 35 heavy (non-hydrogen) atoms. The number of cyclic esters (lactones) is 1. The van der Waals surface area contributed by atoms with Crippen LogP contribution < -0.4 is 5.32 Å². The number of nitrogens with one attached hydrogen (secondary N) is 1. The summed E-state index contributed by atoms with van der Waals surface area (Å²) in [5, 5.41) is 9.37. The van der Waals surface area contributed by atoms with Gasteiger partial charge in [-0.25, -0.2) is 18.9 Å². The molecule has 0 aliphatic carbocycles. The van der Waals surface area contributed by atoms with Gasteiger partial charge >= 0.3 is 12.6 Å². The third-order valence-corrected chi connectivity index (χ3v) is 7.27. The molecular formula is C22H16ClF3N6O2S. The Morgan fingerprint density at radius 3 is 2.83 bits per heavy atom. The molecule has 13 heteroatoms. The van der Waals surface area contributed by atoms with Crippen LogP contribution in [0.4, 0.5) is 18.0 Å². The van der Waals surface area contributed by atoms with E-state index in [1.807, 2.05) is 10.3 Å². The molecule has 0 radical (unpaired) electrons. The lowest BCUT2D eigenvalue weighted by Crippen LogP contribution is -2.46. The van der Waals surface area contributed by atoms with E-state index in [1.165, 1.54) is 35.7 Å². The molecule has 3 aromatic rings. The number of carbonyl (C=O) groups is 1. The lowest BCUT2D eigenvalue weighted by Gasteiger charge is -2.32. The van der Waals surface area contributed by atoms with Crippen LogP contribution >= 0.6 is 22.9 Å². The maximum absolute atomic E-state index is 14.5. The second-order valence-electron chi connectivity index (χ2n) is 8.43. The first-order valence-corrected chi connectivity index (χ1v) is 11.8. The zero-order chi connectivity index (χ0) is 24.3. The van der Waals surface area contributed by atoms with Crippen LogP contribution in [0.25, 0.3) is 5.57 Å². The van der Waals surface area contributed by atoms with Crippen molar-refractivity contribution in [1.29, 1.82) is 0 Å². The molecule has 180 valence electrons. The van der Waals surface area contributed by atoms with E-state index in [9.17, 15) is 18.0 Å². The fourth-order valence-electron chi connectivity index (χ4n) is 4.71. The number of ether oxygens (including phenoxy) is 1. The van der Waals surface area contributed by atoms with Gasteiger partial charge in [-0.2, -0.15) is 13.9 Å². The van der Waals surface area contributed by atoms with E-state index in [-0.39, 0.29) is 17.3 Å². The van der Waals surface area contributed by atoms with E-state index >= 15 is 0 Å². The average Bonchev–Trinajstić information content (AvgIpc) is 3.62. The standard InChI is InChI=1S/C22H16ClF3N6O2S/c23-12-2-1-11(7-13(12)24)17-16(14-3-5-32(30-14)20(25)26)15-8-22(10-34-21(33)29-22)9-31(15)18(28-17)19-27-4-6-35-19/h1-7,17,20H,8-10H2,(H,29,33)/t17-,22-/m0/s1. The maximum Gasteiger partial charge on any atom is 0.407 e. The summed E-state index contributed by atoms with van der Waals surface area (Å²) in [6.07, 6.45) is 2.64. The van der Waals surface area contributed by atoms with Gasteiger partial charge in [-0.1, -0.05) is 17.7 Å². The van der Waals surface area contributed by atoms with E-state index < -0.39 is 30.0 Å². The second-order valence-corrected chi connectivity index (χ2v) is 9.73. The number of fused-ring (bicyclic) bond motifs is 1. The number of thiazole rings is 1. The number of alkyl halides is 2. The van der Waals surface area contributed by atoms with E-state index in [1.54, 1.807) is 12.3 Å². The summed E-state index contributed by atoms with van der Waals surface area (Å²) in [5.74, 6) is -0.0928.